The summed E-state index contributed by atoms with van der Waals surface area (Å²) in [6.07, 6.45) is 12.1. The number of fused-ring (bicyclic) bond motifs is 2. The maximum absolute atomic E-state index is 12.8. The van der Waals surface area contributed by atoms with Gasteiger partial charge in [-0.15, -0.1) is 0 Å². The fraction of sp³-hybridized carbons (Fsp3) is 0.385. The summed E-state index contributed by atoms with van der Waals surface area (Å²) in [5, 5.41) is 0.206. The number of benzene rings is 2. The van der Waals surface area contributed by atoms with Crippen molar-refractivity contribution in [2.75, 3.05) is 33.7 Å². The van der Waals surface area contributed by atoms with Crippen molar-refractivity contribution in [2.24, 2.45) is 0 Å². The average Bonchev–Trinajstić information content (AvgIpc) is 3.56. The van der Waals surface area contributed by atoms with Gasteiger partial charge in [0.2, 0.25) is 17.1 Å². The molecule has 0 unspecified atom stereocenters. The van der Waals surface area contributed by atoms with Crippen molar-refractivity contribution in [3.63, 3.8) is 0 Å². The number of rotatable bonds is 8. The van der Waals surface area contributed by atoms with E-state index in [1.54, 1.807) is 48.7 Å². The molecule has 0 saturated carbocycles. The van der Waals surface area contributed by atoms with Gasteiger partial charge in [0.05, 0.1) is 23.6 Å². The molecule has 2 aromatic carbocycles. The third-order valence-electron chi connectivity index (χ3n) is 13.1. The second-order valence-corrected chi connectivity index (χ2v) is 18.9. The van der Waals surface area contributed by atoms with Gasteiger partial charge in [0, 0.05) is 62.1 Å². The minimum Gasteiger partial charge on any atom is -0.399 e. The van der Waals surface area contributed by atoms with Crippen molar-refractivity contribution in [1.29, 1.82) is 0 Å². The van der Waals surface area contributed by atoms with Crippen LogP contribution in [0.15, 0.2) is 110 Å². The van der Waals surface area contributed by atoms with Crippen LogP contribution in [0.2, 0.25) is 5.28 Å². The molecular formula is C52H62BClN10O4. The molecule has 4 aromatic heterocycles. The zero-order valence-electron chi connectivity index (χ0n) is 41.2. The molecule has 3 aliphatic heterocycles. The Morgan fingerprint density at radius 1 is 0.618 bits per heavy atom. The number of carbonyl (C=O) groups is 2. The van der Waals surface area contributed by atoms with E-state index in [1.165, 1.54) is 0 Å². The molecule has 7 heterocycles. The first-order valence-electron chi connectivity index (χ1n) is 23.3. The summed E-state index contributed by atoms with van der Waals surface area (Å²) < 4.78 is 12.3. The van der Waals surface area contributed by atoms with Crippen LogP contribution >= 0.6 is 11.6 Å². The first-order valence-corrected chi connectivity index (χ1v) is 23.6. The first kappa shape index (κ1) is 49.6. The number of carbonyl (C=O) groups excluding carboxylic acids is 2. The van der Waals surface area contributed by atoms with Gasteiger partial charge in [0.25, 0.3) is 0 Å². The molecule has 1 fully saturated rings. The van der Waals surface area contributed by atoms with E-state index in [9.17, 15) is 9.59 Å². The Balaban J connectivity index is 0.000000156. The van der Waals surface area contributed by atoms with Gasteiger partial charge in [0.1, 0.15) is 23.5 Å². The molecule has 0 spiro atoms. The topological polar surface area (TPSA) is 143 Å². The van der Waals surface area contributed by atoms with Crippen LogP contribution in [0.5, 0.6) is 0 Å². The fourth-order valence-electron chi connectivity index (χ4n) is 8.74. The summed E-state index contributed by atoms with van der Waals surface area (Å²) in [7, 11) is 3.18. The van der Waals surface area contributed by atoms with E-state index in [0.717, 1.165) is 63.4 Å². The molecule has 6 aromatic rings. The van der Waals surface area contributed by atoms with Crippen molar-refractivity contribution in [3.05, 3.63) is 115 Å². The standard InChI is InChI=1S/C23H25N5O.C17H20BNO2.C12H17ClN4O/c1-5-19-23(29)27(4)20-14-25-21(26-22(20)28(19)15(2)3)17-11-12-24-13-18(17)16-9-7-6-8-10-16;1-16(2)17(3,4)21-18(20-16)15-10-11-19-12-14(15)13-8-6-5-7-9-13;1-5-8-11(18)16(4)9-6-14-12(13)15-10(9)17(8)7(2)3/h6-15,19H,5H2,1-4H3;5-12H,1-4H3;6-8H,5H2,1-4H3/t19-;;8-/m1.1/s1. The molecule has 2 amide bonds. The highest BCUT2D eigenvalue weighted by Crippen LogP contribution is 2.40. The van der Waals surface area contributed by atoms with Crippen LogP contribution < -0.4 is 25.1 Å². The van der Waals surface area contributed by atoms with E-state index in [4.69, 9.17) is 25.9 Å². The van der Waals surface area contributed by atoms with E-state index in [1.807, 2.05) is 93.5 Å². The largest absolute Gasteiger partial charge is 0.495 e. The van der Waals surface area contributed by atoms with Gasteiger partial charge in [0.15, 0.2) is 17.5 Å². The van der Waals surface area contributed by atoms with E-state index in [0.29, 0.717) is 11.5 Å². The van der Waals surface area contributed by atoms with Crippen LogP contribution in [-0.2, 0) is 18.9 Å². The van der Waals surface area contributed by atoms with E-state index >= 15 is 0 Å². The minimum atomic E-state index is -0.367. The number of likely N-dealkylation sites (N-methyl/N-ethyl adjacent to an activating group) is 2. The van der Waals surface area contributed by atoms with Crippen LogP contribution in [0.1, 0.15) is 82.1 Å². The number of aromatic nitrogens is 6. The smallest absolute Gasteiger partial charge is 0.399 e. The molecule has 354 valence electrons. The van der Waals surface area contributed by atoms with Gasteiger partial charge in [-0.3, -0.25) is 19.6 Å². The monoisotopic (exact) mass is 936 g/mol. The Labute approximate surface area is 406 Å². The highest BCUT2D eigenvalue weighted by molar-refractivity contribution is 6.63. The van der Waals surface area contributed by atoms with Crippen LogP contribution in [0.25, 0.3) is 33.6 Å². The molecule has 0 bridgehead atoms. The zero-order valence-corrected chi connectivity index (χ0v) is 41.9. The number of anilines is 4. The van der Waals surface area contributed by atoms with Crippen LogP contribution in [-0.4, -0.2) is 98.3 Å². The maximum Gasteiger partial charge on any atom is 0.495 e. The number of hydrogen-bond acceptors (Lipinski definition) is 12. The molecule has 0 N–H and O–H groups in total. The lowest BCUT2D eigenvalue weighted by Gasteiger charge is -2.42. The molecule has 14 nitrogen and oxygen atoms in total. The van der Waals surface area contributed by atoms with E-state index in [-0.39, 0.29) is 59.6 Å². The summed E-state index contributed by atoms with van der Waals surface area (Å²) in [6.45, 7) is 20.6. The number of hydrogen-bond donors (Lipinski definition) is 0. The van der Waals surface area contributed by atoms with Gasteiger partial charge in [-0.05, 0) is 114 Å². The molecular weight excluding hydrogens is 875 g/mol. The van der Waals surface area contributed by atoms with Crippen molar-refractivity contribution in [2.45, 2.75) is 117 Å². The van der Waals surface area contributed by atoms with Gasteiger partial charge in [-0.1, -0.05) is 74.5 Å². The predicted octanol–water partition coefficient (Wildman–Crippen LogP) is 9.32. The first-order chi connectivity index (χ1) is 32.4. The molecule has 0 radical (unpaired) electrons. The molecule has 2 atom stereocenters. The average molecular weight is 937 g/mol. The number of halogens is 1. The lowest BCUT2D eigenvalue weighted by atomic mass is 9.75. The van der Waals surface area contributed by atoms with Crippen molar-refractivity contribution in [3.8, 4) is 33.6 Å². The summed E-state index contributed by atoms with van der Waals surface area (Å²) in [5.41, 5.74) is 6.94. The minimum absolute atomic E-state index is 0.0737. The quantitative estimate of drug-likeness (QED) is 0.106. The number of amides is 2. The van der Waals surface area contributed by atoms with Gasteiger partial charge < -0.3 is 28.9 Å². The molecule has 9 rings (SSSR count). The summed E-state index contributed by atoms with van der Waals surface area (Å²) in [4.78, 5) is 59.0. The zero-order chi connectivity index (χ0) is 49.1. The van der Waals surface area contributed by atoms with Gasteiger partial charge in [-0.2, -0.15) is 4.98 Å². The van der Waals surface area contributed by atoms with Crippen molar-refractivity contribution >= 4 is 59.0 Å². The Kier molecular flexibility index (Phi) is 15.0. The second kappa shape index (κ2) is 20.5. The summed E-state index contributed by atoms with van der Waals surface area (Å²) in [5.74, 6) is 2.32. The van der Waals surface area contributed by atoms with Crippen molar-refractivity contribution in [1.82, 2.24) is 29.9 Å². The second-order valence-electron chi connectivity index (χ2n) is 18.6. The van der Waals surface area contributed by atoms with Crippen LogP contribution in [0.3, 0.4) is 0 Å². The number of pyridine rings is 2. The molecule has 16 heteroatoms. The van der Waals surface area contributed by atoms with Gasteiger partial charge in [-0.25, -0.2) is 15.0 Å². The normalized spacial score (nSPS) is 18.2. The van der Waals surface area contributed by atoms with E-state index < -0.39 is 0 Å². The van der Waals surface area contributed by atoms with Crippen LogP contribution in [0.4, 0.5) is 23.0 Å². The molecule has 0 aliphatic carbocycles. The Morgan fingerprint density at radius 3 is 1.57 bits per heavy atom. The summed E-state index contributed by atoms with van der Waals surface area (Å²) >= 11 is 5.87. The van der Waals surface area contributed by atoms with Crippen molar-refractivity contribution < 1.29 is 18.9 Å². The Morgan fingerprint density at radius 2 is 1.07 bits per heavy atom. The van der Waals surface area contributed by atoms with Gasteiger partial charge >= 0.3 is 7.12 Å². The lowest BCUT2D eigenvalue weighted by Crippen LogP contribution is -2.54. The SMILES string of the molecule is CC1(C)OB(c2ccncc2-c2ccccc2)OC1(C)C.CC[C@@H]1C(=O)N(C)c2cnc(-c3ccncc3-c3ccccc3)nc2N1C(C)C.CC[C@@H]1C(=O)N(C)c2cnc(Cl)nc2N1C(C)C. The maximum atomic E-state index is 12.8. The lowest BCUT2D eigenvalue weighted by molar-refractivity contribution is -0.120. The summed E-state index contributed by atoms with van der Waals surface area (Å²) in [6, 6.07) is 24.2. The van der Waals surface area contributed by atoms with Crippen LogP contribution in [0, 0.1) is 0 Å². The highest BCUT2D eigenvalue weighted by Gasteiger charge is 2.52. The Hall–Kier alpha value is -6.29. The highest BCUT2D eigenvalue weighted by atomic mass is 35.5. The molecule has 1 saturated heterocycles. The van der Waals surface area contributed by atoms with E-state index in [2.05, 4.69) is 95.6 Å². The predicted molar refractivity (Wildman–Crippen MR) is 273 cm³/mol. The third kappa shape index (κ3) is 9.83. The number of nitrogens with zero attached hydrogens (tertiary/aromatic N) is 10. The fourth-order valence-corrected chi connectivity index (χ4v) is 8.87. The Bertz CT molecular complexity index is 2710. The molecule has 68 heavy (non-hydrogen) atoms. The third-order valence-corrected chi connectivity index (χ3v) is 13.2. The molecule has 3 aliphatic rings.